The molecule has 0 saturated carbocycles. The van der Waals surface area contributed by atoms with E-state index in [1.165, 1.54) is 0 Å². The molecule has 0 spiro atoms. The maximum atomic E-state index is 12.1. The van der Waals surface area contributed by atoms with Crippen molar-refractivity contribution in [3.63, 3.8) is 0 Å². The molecule has 3 rings (SSSR count). The predicted octanol–water partition coefficient (Wildman–Crippen LogP) is 3.30. The van der Waals surface area contributed by atoms with Gasteiger partial charge in [0, 0.05) is 43.0 Å². The highest BCUT2D eigenvalue weighted by Gasteiger charge is 2.19. The van der Waals surface area contributed by atoms with E-state index in [1.807, 2.05) is 35.2 Å². The number of amides is 1. The number of anilines is 1. The van der Waals surface area contributed by atoms with Gasteiger partial charge in [0.2, 0.25) is 5.91 Å². The molecule has 1 aliphatic heterocycles. The zero-order valence-electron chi connectivity index (χ0n) is 12.1. The molecule has 0 N–H and O–H groups in total. The third-order valence-corrected chi connectivity index (χ3v) is 3.93. The smallest absolute Gasteiger partial charge is 0.246 e. The van der Waals surface area contributed by atoms with Gasteiger partial charge in [0.15, 0.2) is 0 Å². The summed E-state index contributed by atoms with van der Waals surface area (Å²) in [7, 11) is 0. The van der Waals surface area contributed by atoms with E-state index in [0.29, 0.717) is 18.8 Å². The molecule has 1 amide bonds. The molecule has 22 heavy (non-hydrogen) atoms. The van der Waals surface area contributed by atoms with Gasteiger partial charge < -0.3 is 14.2 Å². The lowest BCUT2D eigenvalue weighted by Crippen LogP contribution is -2.48. The summed E-state index contributed by atoms with van der Waals surface area (Å²) in [5.41, 5.74) is 1.10. The molecule has 0 unspecified atom stereocenters. The molecule has 4 nitrogen and oxygen atoms in total. The van der Waals surface area contributed by atoms with Crippen LogP contribution in [-0.2, 0) is 4.79 Å². The van der Waals surface area contributed by atoms with Crippen molar-refractivity contribution in [1.82, 2.24) is 4.90 Å². The van der Waals surface area contributed by atoms with Crippen molar-refractivity contribution in [1.29, 1.82) is 0 Å². The van der Waals surface area contributed by atoms with E-state index in [4.69, 9.17) is 16.0 Å². The molecule has 2 heterocycles. The van der Waals surface area contributed by atoms with Crippen LogP contribution in [0.2, 0.25) is 5.02 Å². The summed E-state index contributed by atoms with van der Waals surface area (Å²) in [6.45, 7) is 3.02. The summed E-state index contributed by atoms with van der Waals surface area (Å²) >= 11 is 6.02. The zero-order valence-corrected chi connectivity index (χ0v) is 12.9. The number of rotatable bonds is 3. The average Bonchev–Trinajstić information content (AvgIpc) is 3.06. The van der Waals surface area contributed by atoms with E-state index < -0.39 is 0 Å². The molecule has 1 saturated heterocycles. The van der Waals surface area contributed by atoms with Crippen LogP contribution in [0.3, 0.4) is 0 Å². The highest BCUT2D eigenvalue weighted by Crippen LogP contribution is 2.20. The number of carbonyl (C=O) groups excluding carboxylic acids is 1. The number of benzene rings is 1. The Bertz CT molecular complexity index is 659. The summed E-state index contributed by atoms with van der Waals surface area (Å²) in [6.07, 6.45) is 4.85. The minimum absolute atomic E-state index is 0.0159. The van der Waals surface area contributed by atoms with E-state index in [-0.39, 0.29) is 5.91 Å². The van der Waals surface area contributed by atoms with Crippen molar-refractivity contribution in [2.75, 3.05) is 31.1 Å². The Kier molecular flexibility index (Phi) is 4.49. The van der Waals surface area contributed by atoms with Gasteiger partial charge in [0.05, 0.1) is 6.26 Å². The Hall–Kier alpha value is -2.20. The Morgan fingerprint density at radius 3 is 2.64 bits per heavy atom. The monoisotopic (exact) mass is 316 g/mol. The van der Waals surface area contributed by atoms with E-state index in [1.54, 1.807) is 24.5 Å². The third kappa shape index (κ3) is 3.52. The Morgan fingerprint density at radius 2 is 1.95 bits per heavy atom. The Labute approximate surface area is 134 Å². The van der Waals surface area contributed by atoms with Crippen LogP contribution in [0.25, 0.3) is 6.08 Å². The van der Waals surface area contributed by atoms with Gasteiger partial charge in [-0.25, -0.2) is 0 Å². The molecule has 5 heteroatoms. The van der Waals surface area contributed by atoms with Crippen molar-refractivity contribution < 1.29 is 9.21 Å². The number of carbonyl (C=O) groups is 1. The maximum absolute atomic E-state index is 12.1. The van der Waals surface area contributed by atoms with E-state index in [0.717, 1.165) is 23.8 Å². The van der Waals surface area contributed by atoms with Crippen molar-refractivity contribution in [2.45, 2.75) is 0 Å². The first-order valence-electron chi connectivity index (χ1n) is 7.23. The fraction of sp³-hybridized carbons (Fsp3) is 0.235. The molecule has 0 radical (unpaired) electrons. The molecule has 0 aliphatic carbocycles. The fourth-order valence-corrected chi connectivity index (χ4v) is 2.69. The van der Waals surface area contributed by atoms with Crippen LogP contribution >= 0.6 is 11.6 Å². The lowest BCUT2D eigenvalue weighted by molar-refractivity contribution is -0.126. The number of nitrogens with zero attached hydrogens (tertiary/aromatic N) is 2. The minimum atomic E-state index is 0.0159. The van der Waals surface area contributed by atoms with E-state index in [2.05, 4.69) is 4.90 Å². The largest absolute Gasteiger partial charge is 0.465 e. The molecule has 1 aromatic heterocycles. The first kappa shape index (κ1) is 14.7. The Balaban J connectivity index is 1.56. The normalized spacial score (nSPS) is 15.5. The summed E-state index contributed by atoms with van der Waals surface area (Å²) < 4.78 is 5.18. The quantitative estimate of drug-likeness (QED) is 0.815. The minimum Gasteiger partial charge on any atom is -0.465 e. The van der Waals surface area contributed by atoms with E-state index >= 15 is 0 Å². The van der Waals surface area contributed by atoms with Gasteiger partial charge in [-0.2, -0.15) is 0 Å². The van der Waals surface area contributed by atoms with Crippen molar-refractivity contribution in [2.24, 2.45) is 0 Å². The van der Waals surface area contributed by atoms with Gasteiger partial charge in [-0.05, 0) is 36.4 Å². The molecule has 1 aromatic carbocycles. The fourth-order valence-electron chi connectivity index (χ4n) is 2.50. The molecule has 0 bridgehead atoms. The third-order valence-electron chi connectivity index (χ3n) is 3.70. The van der Waals surface area contributed by atoms with Gasteiger partial charge >= 0.3 is 0 Å². The van der Waals surface area contributed by atoms with Crippen LogP contribution in [0.5, 0.6) is 0 Å². The summed E-state index contributed by atoms with van der Waals surface area (Å²) in [5, 5.41) is 0.734. The SMILES string of the molecule is O=C(C=Cc1ccco1)N1CCN(c2cccc(Cl)c2)CC1. The second-order valence-corrected chi connectivity index (χ2v) is 5.58. The standard InChI is InChI=1S/C17H17ClN2O2/c18-14-3-1-4-15(13-14)19-8-10-20(11-9-19)17(21)7-6-16-5-2-12-22-16/h1-7,12-13H,8-11H2. The lowest BCUT2D eigenvalue weighted by atomic mass is 10.2. The molecule has 1 fully saturated rings. The van der Waals surface area contributed by atoms with Crippen molar-refractivity contribution in [3.05, 3.63) is 59.5 Å². The predicted molar refractivity (Wildman–Crippen MR) is 88.0 cm³/mol. The van der Waals surface area contributed by atoms with Gasteiger partial charge in [-0.15, -0.1) is 0 Å². The van der Waals surface area contributed by atoms with Gasteiger partial charge in [-0.1, -0.05) is 17.7 Å². The topological polar surface area (TPSA) is 36.7 Å². The zero-order chi connectivity index (χ0) is 15.4. The molecule has 1 aliphatic rings. The number of piperazine rings is 1. The van der Waals surface area contributed by atoms with Crippen LogP contribution in [-0.4, -0.2) is 37.0 Å². The number of furan rings is 1. The van der Waals surface area contributed by atoms with Crippen molar-refractivity contribution >= 4 is 29.3 Å². The molecule has 0 atom stereocenters. The number of hydrogen-bond donors (Lipinski definition) is 0. The number of hydrogen-bond acceptors (Lipinski definition) is 3. The summed E-state index contributed by atoms with van der Waals surface area (Å²) in [6, 6.07) is 11.4. The van der Waals surface area contributed by atoms with Crippen molar-refractivity contribution in [3.8, 4) is 0 Å². The van der Waals surface area contributed by atoms with Crippen LogP contribution in [0.4, 0.5) is 5.69 Å². The molecular weight excluding hydrogens is 300 g/mol. The first-order valence-corrected chi connectivity index (χ1v) is 7.61. The highest BCUT2D eigenvalue weighted by molar-refractivity contribution is 6.30. The summed E-state index contributed by atoms with van der Waals surface area (Å²) in [5.74, 6) is 0.702. The maximum Gasteiger partial charge on any atom is 0.246 e. The van der Waals surface area contributed by atoms with Crippen LogP contribution in [0, 0.1) is 0 Å². The average molecular weight is 317 g/mol. The molecule has 114 valence electrons. The van der Waals surface area contributed by atoms with Gasteiger partial charge in [0.25, 0.3) is 0 Å². The van der Waals surface area contributed by atoms with Crippen LogP contribution < -0.4 is 4.90 Å². The molecule has 2 aromatic rings. The highest BCUT2D eigenvalue weighted by atomic mass is 35.5. The summed E-state index contributed by atoms with van der Waals surface area (Å²) in [4.78, 5) is 16.2. The molecular formula is C17H17ClN2O2. The van der Waals surface area contributed by atoms with E-state index in [9.17, 15) is 4.79 Å². The van der Waals surface area contributed by atoms with Gasteiger partial charge in [-0.3, -0.25) is 4.79 Å². The van der Waals surface area contributed by atoms with Gasteiger partial charge in [0.1, 0.15) is 5.76 Å². The number of halogens is 1. The lowest BCUT2D eigenvalue weighted by Gasteiger charge is -2.35. The second kappa shape index (κ2) is 6.71. The Morgan fingerprint density at radius 1 is 1.14 bits per heavy atom. The van der Waals surface area contributed by atoms with Crippen LogP contribution in [0.1, 0.15) is 5.76 Å². The van der Waals surface area contributed by atoms with Crippen LogP contribution in [0.15, 0.2) is 53.2 Å². The second-order valence-electron chi connectivity index (χ2n) is 5.14. The first-order chi connectivity index (χ1) is 10.7.